The van der Waals surface area contributed by atoms with Crippen molar-refractivity contribution in [3.63, 3.8) is 0 Å². The van der Waals surface area contributed by atoms with Crippen molar-refractivity contribution in [2.24, 2.45) is 0 Å². The Morgan fingerprint density at radius 2 is 1.67 bits per heavy atom. The van der Waals surface area contributed by atoms with Crippen LogP contribution in [-0.2, 0) is 10.0 Å². The molecule has 2 aromatic carbocycles. The van der Waals surface area contributed by atoms with E-state index < -0.39 is 10.0 Å². The Hall–Kier alpha value is -1.96. The first kappa shape index (κ1) is 19.8. The number of nitrogens with zero attached hydrogens (tertiary/aromatic N) is 1. The third-order valence-corrected chi connectivity index (χ3v) is 7.02. The van der Waals surface area contributed by atoms with Crippen LogP contribution in [0.3, 0.4) is 0 Å². The number of thiocarbonyl (C=S) groups is 1. The van der Waals surface area contributed by atoms with Gasteiger partial charge in [-0.2, -0.15) is 4.31 Å². The highest BCUT2D eigenvalue weighted by Crippen LogP contribution is 2.26. The molecule has 0 radical (unpaired) electrons. The van der Waals surface area contributed by atoms with Crippen molar-refractivity contribution in [3.8, 4) is 0 Å². The lowest BCUT2D eigenvalue weighted by molar-refractivity contribution is 0.346. The second kappa shape index (κ2) is 8.37. The molecule has 1 heterocycles. The Morgan fingerprint density at radius 1 is 0.963 bits per heavy atom. The number of sulfonamides is 1. The highest BCUT2D eigenvalue weighted by molar-refractivity contribution is 7.89. The predicted octanol–water partition coefficient (Wildman–Crippen LogP) is 4.29. The molecule has 1 saturated heterocycles. The van der Waals surface area contributed by atoms with Gasteiger partial charge in [0.25, 0.3) is 0 Å². The van der Waals surface area contributed by atoms with E-state index in [2.05, 4.69) is 10.6 Å². The van der Waals surface area contributed by atoms with Gasteiger partial charge in [-0.1, -0.05) is 30.7 Å². The molecule has 144 valence electrons. The van der Waals surface area contributed by atoms with Crippen molar-refractivity contribution >= 4 is 38.7 Å². The molecule has 0 unspecified atom stereocenters. The normalized spacial score (nSPS) is 15.3. The summed E-state index contributed by atoms with van der Waals surface area (Å²) in [7, 11) is -3.49. The number of hydrogen-bond donors (Lipinski definition) is 2. The van der Waals surface area contributed by atoms with Crippen LogP contribution in [0.1, 0.15) is 30.4 Å². The molecule has 1 aliphatic heterocycles. The molecular formula is C20H25N3O2S2. The van der Waals surface area contributed by atoms with E-state index in [1.807, 2.05) is 50.2 Å². The second-order valence-corrected chi connectivity index (χ2v) is 9.15. The van der Waals surface area contributed by atoms with Crippen LogP contribution in [-0.4, -0.2) is 30.9 Å². The maximum atomic E-state index is 13.0. The Kier molecular flexibility index (Phi) is 6.14. The zero-order valence-corrected chi connectivity index (χ0v) is 17.3. The Balaban J connectivity index is 1.79. The minimum Gasteiger partial charge on any atom is -0.332 e. The average Bonchev–Trinajstić information content (AvgIpc) is 2.66. The van der Waals surface area contributed by atoms with Crippen LogP contribution in [0.2, 0.25) is 0 Å². The number of benzene rings is 2. The third-order valence-electron chi connectivity index (χ3n) is 4.77. The number of hydrogen-bond acceptors (Lipinski definition) is 3. The SMILES string of the molecule is Cc1ccccc1NC(=S)Nc1ccc(C)c(S(=O)(=O)N2CCCCC2)c1. The van der Waals surface area contributed by atoms with Crippen LogP contribution in [0.4, 0.5) is 11.4 Å². The van der Waals surface area contributed by atoms with Crippen molar-refractivity contribution in [1.29, 1.82) is 0 Å². The number of rotatable bonds is 4. The number of para-hydroxylation sites is 1. The lowest BCUT2D eigenvalue weighted by Gasteiger charge is -2.26. The number of nitrogens with one attached hydrogen (secondary N) is 2. The fourth-order valence-electron chi connectivity index (χ4n) is 3.20. The summed E-state index contributed by atoms with van der Waals surface area (Å²) in [5.41, 5.74) is 3.40. The number of anilines is 2. The van der Waals surface area contributed by atoms with Crippen LogP contribution in [0, 0.1) is 13.8 Å². The predicted molar refractivity (Wildman–Crippen MR) is 115 cm³/mol. The lowest BCUT2D eigenvalue weighted by atomic mass is 10.2. The molecule has 0 aliphatic carbocycles. The second-order valence-electron chi connectivity index (χ2n) is 6.84. The van der Waals surface area contributed by atoms with Crippen LogP contribution < -0.4 is 10.6 Å². The molecule has 1 aliphatic rings. The van der Waals surface area contributed by atoms with Crippen molar-refractivity contribution in [2.45, 2.75) is 38.0 Å². The van der Waals surface area contributed by atoms with Gasteiger partial charge in [0.15, 0.2) is 5.11 Å². The lowest BCUT2D eigenvalue weighted by Crippen LogP contribution is -2.36. The first-order chi connectivity index (χ1) is 12.9. The fourth-order valence-corrected chi connectivity index (χ4v) is 5.19. The Labute approximate surface area is 166 Å². The third kappa shape index (κ3) is 4.66. The molecule has 0 saturated carbocycles. The van der Waals surface area contributed by atoms with Gasteiger partial charge in [0.1, 0.15) is 0 Å². The summed E-state index contributed by atoms with van der Waals surface area (Å²) in [6.45, 7) is 5.00. The summed E-state index contributed by atoms with van der Waals surface area (Å²) < 4.78 is 27.7. The van der Waals surface area contributed by atoms with E-state index in [1.165, 1.54) is 0 Å². The average molecular weight is 404 g/mol. The molecule has 0 atom stereocenters. The van der Waals surface area contributed by atoms with E-state index in [0.717, 1.165) is 36.1 Å². The molecule has 5 nitrogen and oxygen atoms in total. The van der Waals surface area contributed by atoms with Gasteiger partial charge in [-0.25, -0.2) is 8.42 Å². The van der Waals surface area contributed by atoms with E-state index in [9.17, 15) is 8.42 Å². The Morgan fingerprint density at radius 3 is 2.37 bits per heavy atom. The van der Waals surface area contributed by atoms with Crippen molar-refractivity contribution in [3.05, 3.63) is 53.6 Å². The summed E-state index contributed by atoms with van der Waals surface area (Å²) in [5, 5.41) is 6.68. The summed E-state index contributed by atoms with van der Waals surface area (Å²) >= 11 is 5.39. The van der Waals surface area contributed by atoms with Crippen LogP contribution in [0.5, 0.6) is 0 Å². The smallest absolute Gasteiger partial charge is 0.243 e. The van der Waals surface area contributed by atoms with Gasteiger partial charge in [0.05, 0.1) is 4.90 Å². The van der Waals surface area contributed by atoms with Crippen LogP contribution in [0.25, 0.3) is 0 Å². The largest absolute Gasteiger partial charge is 0.332 e. The fraction of sp³-hybridized carbons (Fsp3) is 0.350. The summed E-state index contributed by atoms with van der Waals surface area (Å²) in [5.74, 6) is 0. The first-order valence-corrected chi connectivity index (χ1v) is 11.0. The van der Waals surface area contributed by atoms with Gasteiger partial charge in [-0.15, -0.1) is 0 Å². The van der Waals surface area contributed by atoms with Gasteiger partial charge < -0.3 is 10.6 Å². The topological polar surface area (TPSA) is 61.4 Å². The van der Waals surface area contributed by atoms with Crippen molar-refractivity contribution in [2.75, 3.05) is 23.7 Å². The van der Waals surface area contributed by atoms with E-state index in [0.29, 0.717) is 28.8 Å². The molecule has 7 heteroatoms. The minimum absolute atomic E-state index is 0.341. The van der Waals surface area contributed by atoms with E-state index in [1.54, 1.807) is 10.4 Å². The summed E-state index contributed by atoms with van der Waals surface area (Å²) in [6.07, 6.45) is 2.92. The molecule has 2 aromatic rings. The van der Waals surface area contributed by atoms with Gasteiger partial charge >= 0.3 is 0 Å². The van der Waals surface area contributed by atoms with Crippen LogP contribution >= 0.6 is 12.2 Å². The highest BCUT2D eigenvalue weighted by Gasteiger charge is 2.27. The molecule has 27 heavy (non-hydrogen) atoms. The van der Waals surface area contributed by atoms with Gasteiger partial charge in [-0.3, -0.25) is 0 Å². The zero-order valence-electron chi connectivity index (χ0n) is 15.7. The summed E-state index contributed by atoms with van der Waals surface area (Å²) in [6, 6.07) is 13.2. The first-order valence-electron chi connectivity index (χ1n) is 9.12. The van der Waals surface area contributed by atoms with Crippen LogP contribution in [0.15, 0.2) is 47.4 Å². The summed E-state index contributed by atoms with van der Waals surface area (Å²) in [4.78, 5) is 0.341. The quantitative estimate of drug-likeness (QED) is 0.746. The molecule has 0 spiro atoms. The molecule has 3 rings (SSSR count). The highest BCUT2D eigenvalue weighted by atomic mass is 32.2. The monoisotopic (exact) mass is 403 g/mol. The molecule has 0 bridgehead atoms. The van der Waals surface area contributed by atoms with Gasteiger partial charge in [0.2, 0.25) is 10.0 Å². The number of piperidine rings is 1. The molecule has 0 amide bonds. The molecule has 2 N–H and O–H groups in total. The van der Waals surface area contributed by atoms with Gasteiger partial charge in [-0.05, 0) is 68.2 Å². The molecular weight excluding hydrogens is 378 g/mol. The minimum atomic E-state index is -3.49. The zero-order chi connectivity index (χ0) is 19.4. The molecule has 1 fully saturated rings. The molecule has 0 aromatic heterocycles. The maximum Gasteiger partial charge on any atom is 0.243 e. The van der Waals surface area contributed by atoms with Crippen molar-refractivity contribution < 1.29 is 8.42 Å². The number of aryl methyl sites for hydroxylation is 2. The Bertz CT molecular complexity index is 936. The maximum absolute atomic E-state index is 13.0. The van der Waals surface area contributed by atoms with Crippen molar-refractivity contribution in [1.82, 2.24) is 4.31 Å². The van der Waals surface area contributed by atoms with Gasteiger partial charge in [0, 0.05) is 24.5 Å². The van der Waals surface area contributed by atoms with E-state index in [-0.39, 0.29) is 0 Å². The van der Waals surface area contributed by atoms with E-state index >= 15 is 0 Å². The standard InChI is InChI=1S/C20H25N3O2S2/c1-15-8-4-5-9-18(15)22-20(26)21-17-11-10-16(2)19(14-17)27(24,25)23-12-6-3-7-13-23/h4-5,8-11,14H,3,6-7,12-13H2,1-2H3,(H2,21,22,26). The van der Waals surface area contributed by atoms with E-state index in [4.69, 9.17) is 12.2 Å².